The average Bonchev–Trinajstić information content (AvgIpc) is 2.54. The summed E-state index contributed by atoms with van der Waals surface area (Å²) in [7, 11) is 0. The fourth-order valence-corrected chi connectivity index (χ4v) is 1.98. The summed E-state index contributed by atoms with van der Waals surface area (Å²) < 4.78 is 0. The molecule has 0 fully saturated rings. The number of phenols is 2. The number of carboxylic acid groups (broad SMARTS) is 2. The molecule has 2 N–H and O–H groups in total. The molecule has 0 aromatic heterocycles. The van der Waals surface area contributed by atoms with Gasteiger partial charge in [0, 0.05) is 11.1 Å². The fourth-order valence-electron chi connectivity index (χ4n) is 1.98. The third-order valence-electron chi connectivity index (χ3n) is 3.27. The number of ketones is 2. The van der Waals surface area contributed by atoms with Crippen molar-refractivity contribution >= 4 is 23.5 Å². The standard InChI is InChI=1S/2C9H8O4.Fe/c2*1-5(10)6-3-2-4-7(8(6)11)9(12)13;/h2*2-4,11H,1H3,(H,12,13);/q;;+2/p-2. The summed E-state index contributed by atoms with van der Waals surface area (Å²) in [6.07, 6.45) is 0. The second-order valence-corrected chi connectivity index (χ2v) is 5.09. The van der Waals surface area contributed by atoms with Gasteiger partial charge in [-0.1, -0.05) is 12.1 Å². The Morgan fingerprint density at radius 3 is 1.15 bits per heavy atom. The van der Waals surface area contributed by atoms with Crippen LogP contribution in [0, 0.1) is 0 Å². The van der Waals surface area contributed by atoms with Gasteiger partial charge in [0.2, 0.25) is 0 Å². The molecule has 0 amide bonds. The van der Waals surface area contributed by atoms with Crippen LogP contribution in [0.4, 0.5) is 0 Å². The summed E-state index contributed by atoms with van der Waals surface area (Å²) in [5.74, 6) is -4.84. The molecule has 142 valence electrons. The molecule has 0 radical (unpaired) electrons. The first-order chi connectivity index (χ1) is 12.1. The Morgan fingerprint density at radius 2 is 0.926 bits per heavy atom. The maximum Gasteiger partial charge on any atom is 2.00 e. The van der Waals surface area contributed by atoms with Crippen molar-refractivity contribution in [1.82, 2.24) is 0 Å². The van der Waals surface area contributed by atoms with Gasteiger partial charge in [-0.3, -0.25) is 9.59 Å². The van der Waals surface area contributed by atoms with Crippen molar-refractivity contribution in [2.45, 2.75) is 13.8 Å². The van der Waals surface area contributed by atoms with Crippen LogP contribution in [0.1, 0.15) is 55.3 Å². The molecule has 0 atom stereocenters. The van der Waals surface area contributed by atoms with Gasteiger partial charge < -0.3 is 30.0 Å². The zero-order valence-electron chi connectivity index (χ0n) is 14.2. The van der Waals surface area contributed by atoms with Crippen molar-refractivity contribution < 1.29 is 56.7 Å². The van der Waals surface area contributed by atoms with Gasteiger partial charge in [-0.15, -0.1) is 0 Å². The third-order valence-corrected chi connectivity index (χ3v) is 3.27. The number of carboxylic acids is 2. The summed E-state index contributed by atoms with van der Waals surface area (Å²) in [5, 5.41) is 39.4. The van der Waals surface area contributed by atoms with Gasteiger partial charge in [-0.05, 0) is 38.1 Å². The van der Waals surface area contributed by atoms with Crippen molar-refractivity contribution in [3.8, 4) is 11.5 Å². The van der Waals surface area contributed by atoms with E-state index in [0.29, 0.717) is 0 Å². The number of hydrogen-bond donors (Lipinski definition) is 2. The van der Waals surface area contributed by atoms with Gasteiger partial charge in [0.15, 0.2) is 11.6 Å². The molecule has 0 aliphatic heterocycles. The van der Waals surface area contributed by atoms with Gasteiger partial charge in [0.1, 0.15) is 11.5 Å². The molecule has 0 bridgehead atoms. The van der Waals surface area contributed by atoms with E-state index in [4.69, 9.17) is 0 Å². The number of aromatic hydroxyl groups is 2. The Bertz CT molecular complexity index is 751. The van der Waals surface area contributed by atoms with Crippen LogP contribution in [0.25, 0.3) is 0 Å². The minimum Gasteiger partial charge on any atom is -0.545 e. The Kier molecular flexibility index (Phi) is 8.92. The van der Waals surface area contributed by atoms with Crippen LogP contribution in [-0.2, 0) is 17.1 Å². The zero-order valence-corrected chi connectivity index (χ0v) is 15.3. The normalized spacial score (nSPS) is 9.26. The maximum atomic E-state index is 10.9. The molecular weight excluding hydrogens is 400 g/mol. The van der Waals surface area contributed by atoms with E-state index in [9.17, 15) is 39.6 Å². The van der Waals surface area contributed by atoms with Gasteiger partial charge in [-0.2, -0.15) is 0 Å². The number of benzene rings is 2. The first-order valence-corrected chi connectivity index (χ1v) is 7.16. The molecule has 9 heteroatoms. The van der Waals surface area contributed by atoms with Crippen molar-refractivity contribution in [3.05, 3.63) is 58.7 Å². The summed E-state index contributed by atoms with van der Waals surface area (Å²) >= 11 is 0. The first-order valence-electron chi connectivity index (χ1n) is 7.16. The molecule has 0 heterocycles. The molecule has 2 rings (SSSR count). The largest absolute Gasteiger partial charge is 2.00 e. The van der Waals surface area contributed by atoms with Crippen molar-refractivity contribution in [2.24, 2.45) is 0 Å². The molecule has 0 aliphatic rings. The van der Waals surface area contributed by atoms with Gasteiger partial charge in [0.25, 0.3) is 0 Å². The molecule has 8 nitrogen and oxygen atoms in total. The Morgan fingerprint density at radius 1 is 0.667 bits per heavy atom. The van der Waals surface area contributed by atoms with E-state index in [2.05, 4.69) is 0 Å². The summed E-state index contributed by atoms with van der Waals surface area (Å²) in [6.45, 7) is 2.49. The Hall–Kier alpha value is -3.16. The van der Waals surface area contributed by atoms with E-state index in [0.717, 1.165) is 0 Å². The molecule has 0 aliphatic carbocycles. The molecule has 0 saturated heterocycles. The SMILES string of the molecule is CC(=O)c1cccc(C(=O)[O-])c1O.CC(=O)c1cccc(C(=O)[O-])c1O.[Fe+2]. The molecule has 0 saturated carbocycles. The van der Waals surface area contributed by atoms with Crippen molar-refractivity contribution in [3.63, 3.8) is 0 Å². The second-order valence-electron chi connectivity index (χ2n) is 5.09. The van der Waals surface area contributed by atoms with Crippen LogP contribution in [0.5, 0.6) is 11.5 Å². The first kappa shape index (κ1) is 23.8. The van der Waals surface area contributed by atoms with Crippen LogP contribution < -0.4 is 10.2 Å². The number of carbonyl (C=O) groups excluding carboxylic acids is 4. The number of rotatable bonds is 4. The third kappa shape index (κ3) is 5.95. The van der Waals surface area contributed by atoms with Crippen LogP contribution in [0.3, 0.4) is 0 Å². The number of para-hydroxylation sites is 2. The van der Waals surface area contributed by atoms with Gasteiger partial charge in [-0.25, -0.2) is 0 Å². The second kappa shape index (κ2) is 10.1. The van der Waals surface area contributed by atoms with E-state index in [1.165, 1.54) is 50.2 Å². The number of aromatic carboxylic acids is 2. The topological polar surface area (TPSA) is 155 Å². The summed E-state index contributed by atoms with van der Waals surface area (Å²) in [4.78, 5) is 42.6. The molecule has 0 unspecified atom stereocenters. The van der Waals surface area contributed by atoms with E-state index < -0.39 is 23.4 Å². The van der Waals surface area contributed by atoms with Crippen LogP contribution in [0.15, 0.2) is 36.4 Å². The monoisotopic (exact) mass is 414 g/mol. The molecular formula is C18H14FeO8. The zero-order chi connectivity index (χ0) is 20.0. The van der Waals surface area contributed by atoms with Crippen LogP contribution in [0.2, 0.25) is 0 Å². The molecule has 2 aromatic rings. The number of Topliss-reactive ketones (excluding diaryl/α,β-unsaturated/α-hetero) is 2. The minimum atomic E-state index is -1.50. The van der Waals surface area contributed by atoms with Gasteiger partial charge in [0.05, 0.1) is 23.1 Å². The van der Waals surface area contributed by atoms with E-state index in [1.54, 1.807) is 0 Å². The maximum absolute atomic E-state index is 10.9. The van der Waals surface area contributed by atoms with E-state index in [1.807, 2.05) is 0 Å². The smallest absolute Gasteiger partial charge is 0.545 e. The quantitative estimate of drug-likeness (QED) is 0.520. The fraction of sp³-hybridized carbons (Fsp3) is 0.111. The summed E-state index contributed by atoms with van der Waals surface area (Å²) in [6, 6.07) is 7.81. The van der Waals surface area contributed by atoms with Crippen molar-refractivity contribution in [2.75, 3.05) is 0 Å². The molecule has 27 heavy (non-hydrogen) atoms. The van der Waals surface area contributed by atoms with Crippen LogP contribution in [-0.4, -0.2) is 33.7 Å². The predicted molar refractivity (Wildman–Crippen MR) is 84.9 cm³/mol. The molecule has 2 aromatic carbocycles. The van der Waals surface area contributed by atoms with Crippen molar-refractivity contribution in [1.29, 1.82) is 0 Å². The minimum absolute atomic E-state index is 0. The number of carbonyl (C=O) groups is 4. The van der Waals surface area contributed by atoms with Gasteiger partial charge >= 0.3 is 17.1 Å². The average molecular weight is 414 g/mol. The number of hydrogen-bond acceptors (Lipinski definition) is 8. The van der Waals surface area contributed by atoms with E-state index >= 15 is 0 Å². The van der Waals surface area contributed by atoms with Crippen LogP contribution >= 0.6 is 0 Å². The Balaban J connectivity index is 0.000000483. The molecule has 0 spiro atoms. The Labute approximate surface area is 164 Å². The van der Waals surface area contributed by atoms with E-state index in [-0.39, 0.29) is 50.9 Å². The summed E-state index contributed by atoms with van der Waals surface area (Å²) in [5.41, 5.74) is -0.760. The predicted octanol–water partition coefficient (Wildman–Crippen LogP) is -0.0859.